The molecule has 1 aliphatic rings. The van der Waals surface area contributed by atoms with E-state index in [-0.39, 0.29) is 11.9 Å². The quantitative estimate of drug-likeness (QED) is 0.873. The lowest BCUT2D eigenvalue weighted by atomic mass is 9.87. The van der Waals surface area contributed by atoms with Crippen LogP contribution in [0.4, 0.5) is 4.79 Å². The zero-order valence-electron chi connectivity index (χ0n) is 10.9. The molecule has 7 heteroatoms. The number of amides is 2. The number of likely N-dealkylation sites (tertiary alicyclic amines) is 1. The third-order valence-electron chi connectivity index (χ3n) is 3.38. The Hall–Kier alpha value is -1.63. The van der Waals surface area contributed by atoms with E-state index in [1.165, 1.54) is 0 Å². The van der Waals surface area contributed by atoms with Gasteiger partial charge in [-0.05, 0) is 6.92 Å². The minimum absolute atomic E-state index is 0.0600. The number of hydrogen-bond acceptors (Lipinski definition) is 4. The Kier molecular flexibility index (Phi) is 4.04. The van der Waals surface area contributed by atoms with Crippen molar-refractivity contribution in [2.24, 2.45) is 11.8 Å². The van der Waals surface area contributed by atoms with Gasteiger partial charge in [0.05, 0.1) is 23.2 Å². The van der Waals surface area contributed by atoms with E-state index >= 15 is 0 Å². The number of carboxylic acid groups (broad SMARTS) is 1. The highest BCUT2D eigenvalue weighted by molar-refractivity contribution is 7.09. The molecule has 0 saturated carbocycles. The van der Waals surface area contributed by atoms with Gasteiger partial charge >= 0.3 is 12.0 Å². The molecule has 0 bridgehead atoms. The molecule has 0 aromatic carbocycles. The summed E-state index contributed by atoms with van der Waals surface area (Å²) in [6.07, 6.45) is 0. The van der Waals surface area contributed by atoms with Crippen molar-refractivity contribution in [1.82, 2.24) is 15.2 Å². The number of thiazole rings is 1. The van der Waals surface area contributed by atoms with Crippen LogP contribution in [-0.2, 0) is 11.3 Å². The number of nitrogens with one attached hydrogen (secondary N) is 1. The molecule has 19 heavy (non-hydrogen) atoms. The average Bonchev–Trinajstić information content (AvgIpc) is 2.70. The normalized spacial score (nSPS) is 16.8. The number of aliphatic carboxylic acids is 1. The van der Waals surface area contributed by atoms with Gasteiger partial charge in [0, 0.05) is 24.4 Å². The van der Waals surface area contributed by atoms with Crippen LogP contribution in [0.3, 0.4) is 0 Å². The van der Waals surface area contributed by atoms with Gasteiger partial charge in [0.15, 0.2) is 0 Å². The van der Waals surface area contributed by atoms with Gasteiger partial charge in [-0.15, -0.1) is 11.3 Å². The topological polar surface area (TPSA) is 82.5 Å². The first-order valence-electron chi connectivity index (χ1n) is 6.14. The number of aryl methyl sites for hydroxylation is 1. The van der Waals surface area contributed by atoms with Crippen LogP contribution < -0.4 is 5.32 Å². The van der Waals surface area contributed by atoms with Crippen molar-refractivity contribution in [3.63, 3.8) is 0 Å². The first-order valence-corrected chi connectivity index (χ1v) is 7.02. The predicted octanol–water partition coefficient (Wildman–Crippen LogP) is 1.31. The number of nitrogens with zero attached hydrogens (tertiary/aromatic N) is 2. The summed E-state index contributed by atoms with van der Waals surface area (Å²) in [6.45, 7) is 5.03. The van der Waals surface area contributed by atoms with E-state index in [0.29, 0.717) is 19.6 Å². The fraction of sp³-hybridized carbons (Fsp3) is 0.583. The molecule has 1 atom stereocenters. The molecule has 2 N–H and O–H groups in total. The summed E-state index contributed by atoms with van der Waals surface area (Å²) >= 11 is 1.55. The molecule has 1 fully saturated rings. The molecule has 2 heterocycles. The molecular formula is C12H17N3O3S. The van der Waals surface area contributed by atoms with Gasteiger partial charge in [-0.1, -0.05) is 6.92 Å². The third kappa shape index (κ3) is 3.23. The molecule has 2 rings (SSSR count). The maximum absolute atomic E-state index is 11.8. The Bertz CT molecular complexity index is 482. The summed E-state index contributed by atoms with van der Waals surface area (Å²) in [5.74, 6) is -1.14. The van der Waals surface area contributed by atoms with Crippen molar-refractivity contribution < 1.29 is 14.7 Å². The summed E-state index contributed by atoms with van der Waals surface area (Å²) in [6, 6.07) is -0.153. The summed E-state index contributed by atoms with van der Waals surface area (Å²) in [5.41, 5.74) is 0.854. The zero-order valence-corrected chi connectivity index (χ0v) is 11.7. The maximum atomic E-state index is 11.8. The maximum Gasteiger partial charge on any atom is 0.317 e. The van der Waals surface area contributed by atoms with Gasteiger partial charge in [0.25, 0.3) is 0 Å². The minimum atomic E-state index is -0.803. The number of carbonyl (C=O) groups excluding carboxylic acids is 1. The second kappa shape index (κ2) is 5.56. The number of carboxylic acids is 1. The van der Waals surface area contributed by atoms with E-state index in [2.05, 4.69) is 10.3 Å². The van der Waals surface area contributed by atoms with Crippen molar-refractivity contribution in [3.8, 4) is 0 Å². The highest BCUT2D eigenvalue weighted by Gasteiger charge is 2.37. The number of urea groups is 1. The van der Waals surface area contributed by atoms with Gasteiger partial charge in [-0.2, -0.15) is 0 Å². The summed E-state index contributed by atoms with van der Waals surface area (Å²) in [4.78, 5) is 28.5. The zero-order chi connectivity index (χ0) is 14.0. The lowest BCUT2D eigenvalue weighted by Gasteiger charge is -2.40. The molecule has 0 aliphatic carbocycles. The highest BCUT2D eigenvalue weighted by Crippen LogP contribution is 2.23. The van der Waals surface area contributed by atoms with Gasteiger partial charge in [-0.3, -0.25) is 4.79 Å². The molecule has 0 spiro atoms. The Balaban J connectivity index is 1.73. The minimum Gasteiger partial charge on any atom is -0.481 e. The lowest BCUT2D eigenvalue weighted by molar-refractivity contribution is -0.144. The van der Waals surface area contributed by atoms with E-state index in [0.717, 1.165) is 10.7 Å². The summed E-state index contributed by atoms with van der Waals surface area (Å²) < 4.78 is 0. The molecule has 1 aromatic heterocycles. The molecule has 104 valence electrons. The number of rotatable bonds is 4. The van der Waals surface area contributed by atoms with Gasteiger partial charge in [-0.25, -0.2) is 9.78 Å². The molecule has 1 saturated heterocycles. The lowest BCUT2D eigenvalue weighted by Crippen LogP contribution is -2.56. The van der Waals surface area contributed by atoms with Crippen LogP contribution in [-0.4, -0.2) is 40.1 Å². The molecule has 0 radical (unpaired) electrons. The van der Waals surface area contributed by atoms with E-state index in [1.807, 2.05) is 12.3 Å². The van der Waals surface area contributed by atoms with Crippen molar-refractivity contribution in [1.29, 1.82) is 0 Å². The highest BCUT2D eigenvalue weighted by atomic mass is 32.1. The van der Waals surface area contributed by atoms with Crippen LogP contribution in [0, 0.1) is 18.8 Å². The summed E-state index contributed by atoms with van der Waals surface area (Å²) in [7, 11) is 0. The monoisotopic (exact) mass is 283 g/mol. The van der Waals surface area contributed by atoms with Crippen LogP contribution in [0.2, 0.25) is 0 Å². The van der Waals surface area contributed by atoms with E-state index in [9.17, 15) is 9.59 Å². The smallest absolute Gasteiger partial charge is 0.317 e. The third-order valence-corrected chi connectivity index (χ3v) is 4.20. The standard InChI is InChI=1S/C12H17N3O3S/c1-7(11(16)17)9-4-15(5-9)12(18)13-3-10-6-19-8(2)14-10/h6-7,9H,3-5H2,1-2H3,(H,13,18)(H,16,17). The van der Waals surface area contributed by atoms with Crippen molar-refractivity contribution in [3.05, 3.63) is 16.1 Å². The van der Waals surface area contributed by atoms with Crippen LogP contribution in [0.15, 0.2) is 5.38 Å². The largest absolute Gasteiger partial charge is 0.481 e. The molecule has 1 aromatic rings. The molecular weight excluding hydrogens is 266 g/mol. The fourth-order valence-corrected chi connectivity index (χ4v) is 2.58. The van der Waals surface area contributed by atoms with Gasteiger partial charge in [0.2, 0.25) is 0 Å². The molecule has 1 aliphatic heterocycles. The number of hydrogen-bond donors (Lipinski definition) is 2. The SMILES string of the molecule is Cc1nc(CNC(=O)N2CC(C(C)C(=O)O)C2)cs1. The fourth-order valence-electron chi connectivity index (χ4n) is 1.96. The summed E-state index contributed by atoms with van der Waals surface area (Å²) in [5, 5.41) is 14.6. The Morgan fingerprint density at radius 1 is 1.63 bits per heavy atom. The van der Waals surface area contributed by atoms with Crippen molar-refractivity contribution >= 4 is 23.3 Å². The Labute approximate surface area is 115 Å². The second-order valence-corrected chi connectivity index (χ2v) is 5.87. The van der Waals surface area contributed by atoms with Crippen molar-refractivity contribution in [2.45, 2.75) is 20.4 Å². The van der Waals surface area contributed by atoms with E-state index in [4.69, 9.17) is 5.11 Å². The Morgan fingerprint density at radius 3 is 2.84 bits per heavy atom. The van der Waals surface area contributed by atoms with Crippen LogP contribution in [0.25, 0.3) is 0 Å². The molecule has 2 amide bonds. The first kappa shape index (κ1) is 13.8. The average molecular weight is 283 g/mol. The first-order chi connectivity index (χ1) is 8.97. The van der Waals surface area contributed by atoms with Gasteiger partial charge in [0.1, 0.15) is 0 Å². The van der Waals surface area contributed by atoms with Crippen LogP contribution in [0.5, 0.6) is 0 Å². The van der Waals surface area contributed by atoms with Crippen LogP contribution >= 0.6 is 11.3 Å². The number of carbonyl (C=O) groups is 2. The predicted molar refractivity (Wildman–Crippen MR) is 70.9 cm³/mol. The van der Waals surface area contributed by atoms with Crippen LogP contribution in [0.1, 0.15) is 17.6 Å². The molecule has 6 nitrogen and oxygen atoms in total. The Morgan fingerprint density at radius 2 is 2.32 bits per heavy atom. The van der Waals surface area contributed by atoms with Gasteiger partial charge < -0.3 is 15.3 Å². The van der Waals surface area contributed by atoms with E-state index < -0.39 is 11.9 Å². The number of aromatic nitrogens is 1. The van der Waals surface area contributed by atoms with E-state index in [1.54, 1.807) is 23.2 Å². The molecule has 1 unspecified atom stereocenters. The van der Waals surface area contributed by atoms with Crippen molar-refractivity contribution in [2.75, 3.05) is 13.1 Å². The second-order valence-electron chi connectivity index (χ2n) is 4.81.